The van der Waals surface area contributed by atoms with Crippen LogP contribution >= 0.6 is 0 Å². The third kappa shape index (κ3) is 4.66. The Morgan fingerprint density at radius 2 is 1.90 bits per heavy atom. The van der Waals surface area contributed by atoms with E-state index in [1.54, 1.807) is 0 Å². The Labute approximate surface area is 126 Å². The number of oxime groups is 1. The van der Waals surface area contributed by atoms with Crippen LogP contribution in [0.2, 0.25) is 0 Å². The van der Waals surface area contributed by atoms with E-state index < -0.39 is 0 Å². The minimum atomic E-state index is 0.326. The molecule has 0 radical (unpaired) electrons. The molecule has 0 spiro atoms. The van der Waals surface area contributed by atoms with Gasteiger partial charge in [-0.05, 0) is 18.6 Å². The van der Waals surface area contributed by atoms with Gasteiger partial charge in [0.2, 0.25) is 0 Å². The van der Waals surface area contributed by atoms with Gasteiger partial charge in [-0.3, -0.25) is 0 Å². The maximum atomic E-state index is 8.84. The summed E-state index contributed by atoms with van der Waals surface area (Å²) in [5, 5.41) is 12.1. The molecule has 1 aromatic carbocycles. The minimum Gasteiger partial charge on any atom is -0.493 e. The predicted octanol–water partition coefficient (Wildman–Crippen LogP) is 4.39. The fourth-order valence-corrected chi connectivity index (χ4v) is 2.51. The number of ether oxygens (including phenoxy) is 2. The molecule has 21 heavy (non-hydrogen) atoms. The molecule has 4 heteroatoms. The van der Waals surface area contributed by atoms with Crippen molar-refractivity contribution in [2.45, 2.75) is 51.9 Å². The number of rotatable bonds is 9. The Morgan fingerprint density at radius 1 is 1.14 bits per heavy atom. The molecular weight excluding hydrogens is 266 g/mol. The fraction of sp³-hybridized carbons (Fsp3) is 0.588. The quantitative estimate of drug-likeness (QED) is 0.417. The molecule has 116 valence electrons. The first-order chi connectivity index (χ1) is 10.3. The lowest BCUT2D eigenvalue weighted by molar-refractivity contribution is 0.301. The van der Waals surface area contributed by atoms with E-state index >= 15 is 0 Å². The van der Waals surface area contributed by atoms with Gasteiger partial charge in [-0.1, -0.05) is 50.6 Å². The first-order valence-electron chi connectivity index (χ1n) is 7.96. The van der Waals surface area contributed by atoms with Gasteiger partial charge >= 0.3 is 0 Å². The topological polar surface area (TPSA) is 51.0 Å². The highest BCUT2D eigenvalue weighted by molar-refractivity contribution is 6.05. The van der Waals surface area contributed by atoms with E-state index in [0.717, 1.165) is 30.1 Å². The molecule has 1 heterocycles. The van der Waals surface area contributed by atoms with Crippen molar-refractivity contribution in [3.05, 3.63) is 23.8 Å². The van der Waals surface area contributed by atoms with Crippen LogP contribution in [0.4, 0.5) is 0 Å². The molecule has 0 amide bonds. The number of hydrogen-bond acceptors (Lipinski definition) is 4. The zero-order valence-electron chi connectivity index (χ0n) is 12.8. The smallest absolute Gasteiger partial charge is 0.134 e. The first kappa shape index (κ1) is 15.7. The van der Waals surface area contributed by atoms with Crippen molar-refractivity contribution in [3.63, 3.8) is 0 Å². The van der Waals surface area contributed by atoms with Crippen LogP contribution < -0.4 is 9.47 Å². The summed E-state index contributed by atoms with van der Waals surface area (Å²) in [5.41, 5.74) is 1.42. The summed E-state index contributed by atoms with van der Waals surface area (Å²) in [4.78, 5) is 0. The maximum absolute atomic E-state index is 8.84. The van der Waals surface area contributed by atoms with Crippen LogP contribution in [0.15, 0.2) is 23.4 Å². The summed E-state index contributed by atoms with van der Waals surface area (Å²) in [6, 6.07) is 5.66. The van der Waals surface area contributed by atoms with Gasteiger partial charge in [0.05, 0.1) is 6.61 Å². The summed E-state index contributed by atoms with van der Waals surface area (Å²) in [5.74, 6) is 1.55. The molecule has 1 aliphatic rings. The zero-order chi connectivity index (χ0) is 14.9. The molecule has 0 saturated carbocycles. The number of nitrogens with zero attached hydrogens (tertiary/aromatic N) is 1. The number of benzene rings is 1. The van der Waals surface area contributed by atoms with Gasteiger partial charge in [0.25, 0.3) is 0 Å². The van der Waals surface area contributed by atoms with Crippen molar-refractivity contribution >= 4 is 5.71 Å². The standard InChI is InChI=1S/C17H25NO3/c1-2-3-4-5-6-7-8-11-20-14-9-10-15-16(18-19)13-21-17(15)12-14/h9-10,12,19H,2-8,11,13H2,1H3. The second-order valence-corrected chi connectivity index (χ2v) is 5.46. The van der Waals surface area contributed by atoms with Crippen LogP contribution in [0.5, 0.6) is 11.5 Å². The summed E-state index contributed by atoms with van der Waals surface area (Å²) < 4.78 is 11.2. The lowest BCUT2D eigenvalue weighted by Crippen LogP contribution is -2.01. The molecule has 2 rings (SSSR count). The van der Waals surface area contributed by atoms with Crippen molar-refractivity contribution in [1.29, 1.82) is 0 Å². The second-order valence-electron chi connectivity index (χ2n) is 5.46. The van der Waals surface area contributed by atoms with E-state index in [1.165, 1.54) is 38.5 Å². The highest BCUT2D eigenvalue weighted by Gasteiger charge is 2.20. The lowest BCUT2D eigenvalue weighted by Gasteiger charge is -2.07. The molecule has 0 unspecified atom stereocenters. The Hall–Kier alpha value is -1.71. The van der Waals surface area contributed by atoms with Gasteiger partial charge < -0.3 is 14.7 Å². The molecule has 0 saturated heterocycles. The second kappa shape index (κ2) is 8.55. The van der Waals surface area contributed by atoms with E-state index in [2.05, 4.69) is 12.1 Å². The van der Waals surface area contributed by atoms with Crippen molar-refractivity contribution < 1.29 is 14.7 Å². The average Bonchev–Trinajstić information content (AvgIpc) is 2.92. The Bertz CT molecular complexity index is 471. The molecular formula is C17H25NO3. The van der Waals surface area contributed by atoms with E-state index in [9.17, 15) is 0 Å². The van der Waals surface area contributed by atoms with E-state index in [-0.39, 0.29) is 0 Å². The maximum Gasteiger partial charge on any atom is 0.134 e. The van der Waals surface area contributed by atoms with Crippen LogP contribution in [0.1, 0.15) is 57.4 Å². The van der Waals surface area contributed by atoms with Crippen LogP contribution in [0.25, 0.3) is 0 Å². The molecule has 0 aromatic heterocycles. The molecule has 0 fully saturated rings. The summed E-state index contributed by atoms with van der Waals surface area (Å²) in [6.07, 6.45) is 8.96. The van der Waals surface area contributed by atoms with E-state index in [4.69, 9.17) is 14.7 Å². The predicted molar refractivity (Wildman–Crippen MR) is 83.7 cm³/mol. The van der Waals surface area contributed by atoms with Crippen molar-refractivity contribution in [3.8, 4) is 11.5 Å². The first-order valence-corrected chi connectivity index (χ1v) is 7.96. The molecule has 4 nitrogen and oxygen atoms in total. The average molecular weight is 291 g/mol. The highest BCUT2D eigenvalue weighted by Crippen LogP contribution is 2.30. The van der Waals surface area contributed by atoms with Gasteiger partial charge in [-0.25, -0.2) is 0 Å². The largest absolute Gasteiger partial charge is 0.493 e. The summed E-state index contributed by atoms with van der Waals surface area (Å²) in [6.45, 7) is 3.31. The van der Waals surface area contributed by atoms with Gasteiger partial charge in [0.1, 0.15) is 23.8 Å². The SMILES string of the molecule is CCCCCCCCCOc1ccc2c(c1)OCC2=NO. The third-order valence-electron chi connectivity index (χ3n) is 3.77. The van der Waals surface area contributed by atoms with E-state index in [1.807, 2.05) is 18.2 Å². The highest BCUT2D eigenvalue weighted by atomic mass is 16.5. The number of unbranched alkanes of at least 4 members (excludes halogenated alkanes) is 6. The van der Waals surface area contributed by atoms with Gasteiger partial charge in [0.15, 0.2) is 0 Å². The molecule has 0 atom stereocenters. The Kier molecular flexibility index (Phi) is 6.38. The third-order valence-corrected chi connectivity index (χ3v) is 3.77. The summed E-state index contributed by atoms with van der Waals surface area (Å²) >= 11 is 0. The molecule has 0 bridgehead atoms. The molecule has 1 aliphatic heterocycles. The Morgan fingerprint density at radius 3 is 2.67 bits per heavy atom. The fourth-order valence-electron chi connectivity index (χ4n) is 2.51. The zero-order valence-corrected chi connectivity index (χ0v) is 12.8. The molecule has 1 N–H and O–H groups in total. The van der Waals surface area contributed by atoms with Crippen LogP contribution in [0.3, 0.4) is 0 Å². The number of hydrogen-bond donors (Lipinski definition) is 1. The van der Waals surface area contributed by atoms with Crippen LogP contribution in [-0.4, -0.2) is 24.1 Å². The number of fused-ring (bicyclic) bond motifs is 1. The van der Waals surface area contributed by atoms with Crippen molar-refractivity contribution in [1.82, 2.24) is 0 Å². The van der Waals surface area contributed by atoms with Crippen molar-refractivity contribution in [2.75, 3.05) is 13.2 Å². The van der Waals surface area contributed by atoms with Gasteiger partial charge in [-0.15, -0.1) is 0 Å². The van der Waals surface area contributed by atoms with Crippen molar-refractivity contribution in [2.24, 2.45) is 5.16 Å². The normalized spacial score (nSPS) is 15.0. The Balaban J connectivity index is 1.66. The van der Waals surface area contributed by atoms with Gasteiger partial charge in [0, 0.05) is 11.6 Å². The van der Waals surface area contributed by atoms with E-state index in [0.29, 0.717) is 12.3 Å². The van der Waals surface area contributed by atoms with Crippen LogP contribution in [0, 0.1) is 0 Å². The molecule has 1 aromatic rings. The lowest BCUT2D eigenvalue weighted by atomic mass is 10.1. The minimum absolute atomic E-state index is 0.326. The van der Waals surface area contributed by atoms with Gasteiger partial charge in [-0.2, -0.15) is 0 Å². The monoisotopic (exact) mass is 291 g/mol. The molecule has 0 aliphatic carbocycles. The summed E-state index contributed by atoms with van der Waals surface area (Å²) in [7, 11) is 0. The van der Waals surface area contributed by atoms with Crippen LogP contribution in [-0.2, 0) is 0 Å².